The zero-order chi connectivity index (χ0) is 10.5. The number of allylic oxidation sites excluding steroid dienone is 2. The van der Waals surface area contributed by atoms with Crippen molar-refractivity contribution in [3.8, 4) is 0 Å². The van der Waals surface area contributed by atoms with Crippen molar-refractivity contribution in [2.75, 3.05) is 0 Å². The molecule has 1 aromatic rings. The summed E-state index contributed by atoms with van der Waals surface area (Å²) >= 11 is 0. The van der Waals surface area contributed by atoms with Crippen LogP contribution in [0.2, 0.25) is 0 Å². The van der Waals surface area contributed by atoms with Crippen LogP contribution >= 0.6 is 12.4 Å². The number of benzene rings is 1. The summed E-state index contributed by atoms with van der Waals surface area (Å²) in [5, 5.41) is 9.05. The second-order valence-electron chi connectivity index (χ2n) is 3.37. The number of hydrogen-bond donors (Lipinski definition) is 1. The fourth-order valence-electron chi connectivity index (χ4n) is 1.53. The van der Waals surface area contributed by atoms with Crippen molar-refractivity contribution in [3.05, 3.63) is 60.3 Å². The Morgan fingerprint density at radius 3 is 2.56 bits per heavy atom. The van der Waals surface area contributed by atoms with Gasteiger partial charge in [-0.1, -0.05) is 0 Å². The maximum absolute atomic E-state index is 9.05. The van der Waals surface area contributed by atoms with Crippen molar-refractivity contribution in [2.24, 2.45) is 0 Å². The van der Waals surface area contributed by atoms with E-state index in [1.54, 1.807) is 0 Å². The van der Waals surface area contributed by atoms with Crippen LogP contribution in [0.1, 0.15) is 5.56 Å². The summed E-state index contributed by atoms with van der Waals surface area (Å²) in [6.45, 7) is 0.772. The molecule has 0 aromatic heterocycles. The van der Waals surface area contributed by atoms with Crippen LogP contribution in [0, 0.1) is 0 Å². The van der Waals surface area contributed by atoms with Crippen molar-refractivity contribution < 1.29 is 5.02 Å². The Hall–Kier alpha value is -1.48. The van der Waals surface area contributed by atoms with E-state index in [-0.39, 0.29) is 12.4 Å². The van der Waals surface area contributed by atoms with Gasteiger partial charge in [-0.25, -0.2) is 0 Å². The summed E-state index contributed by atoms with van der Waals surface area (Å²) in [5.74, 6) is 0. The molecule has 1 aliphatic rings. The van der Waals surface area contributed by atoms with Gasteiger partial charge in [0, 0.05) is 0 Å². The second kappa shape index (κ2) is 6.18. The van der Waals surface area contributed by atoms with Gasteiger partial charge >= 0.3 is 89.5 Å². The van der Waals surface area contributed by atoms with E-state index in [1.807, 2.05) is 47.5 Å². The summed E-state index contributed by atoms with van der Waals surface area (Å²) in [6, 6.07) is 10.2. The van der Waals surface area contributed by atoms with Crippen molar-refractivity contribution >= 4 is 25.1 Å². The van der Waals surface area contributed by atoms with Crippen molar-refractivity contribution in [3.63, 3.8) is 0 Å². The molecule has 0 unspecified atom stereocenters. The molecule has 2 nitrogen and oxygen atoms in total. The molecule has 1 N–H and O–H groups in total. The average molecular weight is 234 g/mol. The summed E-state index contributed by atoms with van der Waals surface area (Å²) in [6.07, 6.45) is 7.69. The van der Waals surface area contributed by atoms with Gasteiger partial charge in [-0.3, -0.25) is 0 Å². The Kier molecular flexibility index (Phi) is 4.87. The molecule has 0 saturated heterocycles. The Morgan fingerprint density at radius 2 is 1.88 bits per heavy atom. The molecule has 4 heteroatoms. The summed E-state index contributed by atoms with van der Waals surface area (Å²) in [5.41, 5.74) is 2.03. The predicted octanol–water partition coefficient (Wildman–Crippen LogP) is 1.74. The molecule has 1 aromatic carbocycles. The Bertz CT molecular complexity index is 414. The van der Waals surface area contributed by atoms with Crippen LogP contribution in [-0.2, 0) is 6.54 Å². The molecule has 2 rings (SSSR count). The van der Waals surface area contributed by atoms with Crippen LogP contribution in [0.25, 0.3) is 0 Å². The molecule has 1 aliphatic heterocycles. The van der Waals surface area contributed by atoms with Gasteiger partial charge in [0.1, 0.15) is 0 Å². The molecule has 0 bridgehead atoms. The second-order valence-corrected chi connectivity index (χ2v) is 3.37. The molecule has 0 fully saturated rings. The van der Waals surface area contributed by atoms with E-state index in [0.29, 0.717) is 0 Å². The third-order valence-electron chi connectivity index (χ3n) is 2.30. The van der Waals surface area contributed by atoms with Gasteiger partial charge in [0.15, 0.2) is 0 Å². The van der Waals surface area contributed by atoms with E-state index >= 15 is 0 Å². The third-order valence-corrected chi connectivity index (χ3v) is 2.30. The minimum atomic E-state index is 0. The maximum atomic E-state index is 9.05. The van der Waals surface area contributed by atoms with E-state index in [1.165, 1.54) is 5.56 Å². The number of hydrogen-bond acceptors (Lipinski definition) is 2. The van der Waals surface area contributed by atoms with E-state index in [9.17, 15) is 0 Å². The van der Waals surface area contributed by atoms with Gasteiger partial charge in [0.2, 0.25) is 0 Å². The van der Waals surface area contributed by atoms with Gasteiger partial charge < -0.3 is 0 Å². The zero-order valence-electron chi connectivity index (χ0n) is 8.78. The van der Waals surface area contributed by atoms with Gasteiger partial charge in [-0.2, -0.15) is 0 Å². The molecule has 0 radical (unpaired) electrons. The van der Waals surface area contributed by atoms with Crippen molar-refractivity contribution in [1.82, 2.24) is 4.90 Å². The molecule has 16 heavy (non-hydrogen) atoms. The Labute approximate surface area is 102 Å². The predicted molar refractivity (Wildman–Crippen MR) is 70.5 cm³/mol. The van der Waals surface area contributed by atoms with E-state index in [0.717, 1.165) is 19.3 Å². The van der Waals surface area contributed by atoms with Gasteiger partial charge in [0.25, 0.3) is 0 Å². The molecular formula is C12H13BClNO. The fraction of sp³-hybridized carbons (Fsp3) is 0.0833. The van der Waals surface area contributed by atoms with Crippen molar-refractivity contribution in [1.29, 1.82) is 0 Å². The van der Waals surface area contributed by atoms with E-state index in [4.69, 9.17) is 5.02 Å². The molecular weight excluding hydrogens is 220 g/mol. The van der Waals surface area contributed by atoms with E-state index < -0.39 is 0 Å². The average Bonchev–Trinajstić information content (AvgIpc) is 2.31. The minimum absolute atomic E-state index is 0. The van der Waals surface area contributed by atoms with Crippen LogP contribution in [-0.4, -0.2) is 22.6 Å². The first-order chi connectivity index (χ1) is 7.40. The normalized spacial score (nSPS) is 15.8. The molecule has 0 saturated carbocycles. The number of halogens is 1. The molecule has 0 aliphatic carbocycles. The van der Waals surface area contributed by atoms with Crippen molar-refractivity contribution in [2.45, 2.75) is 6.54 Å². The van der Waals surface area contributed by atoms with Gasteiger partial charge in [0.05, 0.1) is 0 Å². The van der Waals surface area contributed by atoms with Crippen LogP contribution in [0.15, 0.2) is 54.8 Å². The first-order valence-electron chi connectivity index (χ1n) is 4.90. The standard InChI is InChI=1S/C12H12BNO.ClH/c15-13-12-8-4-5-9-14(12)10-11-6-2-1-3-7-11;/h1-9,15H,10H2;1H. The SMILES string of the molecule is Cl.O/B=C1\C=CC=CN1Cc1ccccc1. The molecule has 0 amide bonds. The van der Waals surface area contributed by atoms with Gasteiger partial charge in [-0.15, -0.1) is 12.4 Å². The Morgan fingerprint density at radius 1 is 1.12 bits per heavy atom. The quantitative estimate of drug-likeness (QED) is 0.787. The Balaban J connectivity index is 0.00000128. The third kappa shape index (κ3) is 3.01. The molecule has 0 atom stereocenters. The van der Waals surface area contributed by atoms with Gasteiger partial charge in [-0.05, 0) is 0 Å². The fourth-order valence-corrected chi connectivity index (χ4v) is 1.53. The molecule has 1 heterocycles. The van der Waals surface area contributed by atoms with E-state index in [2.05, 4.69) is 12.1 Å². The summed E-state index contributed by atoms with van der Waals surface area (Å²) in [4.78, 5) is 2.00. The van der Waals surface area contributed by atoms with Crippen LogP contribution in [0.3, 0.4) is 0 Å². The zero-order valence-corrected chi connectivity index (χ0v) is 9.60. The topological polar surface area (TPSA) is 23.5 Å². The number of rotatable bonds is 2. The van der Waals surface area contributed by atoms with Crippen LogP contribution in [0.5, 0.6) is 0 Å². The first-order valence-corrected chi connectivity index (χ1v) is 4.90. The van der Waals surface area contributed by atoms with Crippen LogP contribution < -0.4 is 0 Å². The molecule has 0 spiro atoms. The summed E-state index contributed by atoms with van der Waals surface area (Å²) < 4.78 is 0. The first kappa shape index (κ1) is 12.6. The molecule has 82 valence electrons. The van der Waals surface area contributed by atoms with Crippen LogP contribution in [0.4, 0.5) is 0 Å². The summed E-state index contributed by atoms with van der Waals surface area (Å²) in [7, 11) is 1.13. The monoisotopic (exact) mass is 233 g/mol. The number of nitrogens with zero attached hydrogens (tertiary/aromatic N) is 1.